The Morgan fingerprint density at radius 1 is 1.56 bits per heavy atom. The molecule has 0 saturated carbocycles. The Morgan fingerprint density at radius 2 is 2.33 bits per heavy atom. The van der Waals surface area contributed by atoms with Crippen LogP contribution < -0.4 is 0 Å². The summed E-state index contributed by atoms with van der Waals surface area (Å²) in [4.78, 5) is 14.8. The largest absolute Gasteiger partial charge is 0.293 e. The van der Waals surface area contributed by atoms with Gasteiger partial charge in [0.15, 0.2) is 0 Å². The molecule has 1 amide bonds. The van der Waals surface area contributed by atoms with Gasteiger partial charge in [-0.25, -0.2) is 0 Å². The average molecular weight is 281 g/mol. The average Bonchev–Trinajstić information content (AvgIpc) is 2.58. The van der Waals surface area contributed by atoms with Crippen molar-refractivity contribution < 1.29 is 4.79 Å². The molecule has 0 spiro atoms. The summed E-state index contributed by atoms with van der Waals surface area (Å²) in [6, 6.07) is 0. The maximum absolute atomic E-state index is 12.3. The highest BCUT2D eigenvalue weighted by Crippen LogP contribution is 2.34. The molecule has 1 fully saturated rings. The Balaban J connectivity index is 2.07. The molecule has 2 aliphatic rings. The van der Waals surface area contributed by atoms with Crippen LogP contribution in [-0.4, -0.2) is 21.7 Å². The van der Waals surface area contributed by atoms with E-state index in [4.69, 9.17) is 12.2 Å². The van der Waals surface area contributed by atoms with E-state index in [-0.39, 0.29) is 5.91 Å². The zero-order valence-electron chi connectivity index (χ0n) is 10.9. The first-order chi connectivity index (χ1) is 8.58. The van der Waals surface area contributed by atoms with Crippen molar-refractivity contribution in [3.8, 4) is 0 Å². The molecule has 1 heterocycles. The first kappa shape index (κ1) is 13.8. The maximum atomic E-state index is 12.3. The first-order valence-corrected chi connectivity index (χ1v) is 7.71. The summed E-state index contributed by atoms with van der Waals surface area (Å²) < 4.78 is 0.714. The van der Waals surface area contributed by atoms with Crippen molar-refractivity contribution in [3.05, 3.63) is 23.1 Å². The monoisotopic (exact) mass is 281 g/mol. The molecule has 0 aromatic heterocycles. The lowest BCUT2D eigenvalue weighted by Gasteiger charge is -2.17. The lowest BCUT2D eigenvalue weighted by molar-refractivity contribution is -0.122. The van der Waals surface area contributed by atoms with Crippen LogP contribution in [0, 0.1) is 11.8 Å². The third kappa shape index (κ3) is 3.23. The van der Waals surface area contributed by atoms with Crippen molar-refractivity contribution in [2.45, 2.75) is 33.1 Å². The van der Waals surface area contributed by atoms with Crippen LogP contribution in [0.3, 0.4) is 0 Å². The summed E-state index contributed by atoms with van der Waals surface area (Å²) >= 11 is 6.76. The molecule has 0 N–H and O–H groups in total. The third-order valence-corrected chi connectivity index (χ3v) is 4.51. The number of carbonyl (C=O) groups is 1. The Morgan fingerprint density at radius 3 is 2.94 bits per heavy atom. The van der Waals surface area contributed by atoms with Crippen molar-refractivity contribution in [2.24, 2.45) is 11.8 Å². The highest BCUT2D eigenvalue weighted by atomic mass is 32.2. The zero-order valence-corrected chi connectivity index (χ0v) is 12.5. The van der Waals surface area contributed by atoms with Crippen LogP contribution in [-0.2, 0) is 4.79 Å². The van der Waals surface area contributed by atoms with E-state index in [0.717, 1.165) is 30.7 Å². The summed E-state index contributed by atoms with van der Waals surface area (Å²) in [5.41, 5.74) is 0. The molecule has 2 rings (SSSR count). The summed E-state index contributed by atoms with van der Waals surface area (Å²) in [5, 5.41) is 0. The molecular formula is C14H19NOS2. The van der Waals surface area contributed by atoms with Crippen molar-refractivity contribution >= 4 is 34.2 Å². The van der Waals surface area contributed by atoms with E-state index in [1.807, 2.05) is 0 Å². The number of hydrogen-bond donors (Lipinski definition) is 0. The summed E-state index contributed by atoms with van der Waals surface area (Å²) in [7, 11) is 0. The number of thiocarbonyl (C=S) groups is 1. The Hall–Kier alpha value is -0.610. The van der Waals surface area contributed by atoms with Gasteiger partial charge in [0.25, 0.3) is 5.91 Å². The standard InChI is InChI=1S/C14H19NOS2/c1-10(2)9-15-13(16)12(18-14(15)17)8-11-6-4-3-5-7-11/h3-4,8,10-11H,5-7,9H2,1-2H3. The molecular weight excluding hydrogens is 262 g/mol. The second kappa shape index (κ2) is 6.02. The number of carbonyl (C=O) groups excluding carboxylic acids is 1. The van der Waals surface area contributed by atoms with Crippen LogP contribution in [0.2, 0.25) is 0 Å². The fourth-order valence-electron chi connectivity index (χ4n) is 2.22. The van der Waals surface area contributed by atoms with Crippen molar-refractivity contribution in [1.82, 2.24) is 4.90 Å². The smallest absolute Gasteiger partial charge is 0.265 e. The molecule has 1 aliphatic carbocycles. The lowest BCUT2D eigenvalue weighted by atomic mass is 9.94. The summed E-state index contributed by atoms with van der Waals surface area (Å²) in [6.45, 7) is 4.94. The van der Waals surface area contributed by atoms with Gasteiger partial charge < -0.3 is 0 Å². The minimum absolute atomic E-state index is 0.105. The fourth-order valence-corrected chi connectivity index (χ4v) is 3.56. The third-order valence-electron chi connectivity index (χ3n) is 3.12. The second-order valence-electron chi connectivity index (χ2n) is 5.25. The maximum Gasteiger partial charge on any atom is 0.265 e. The van der Waals surface area contributed by atoms with Crippen molar-refractivity contribution in [1.29, 1.82) is 0 Å². The molecule has 4 heteroatoms. The summed E-state index contributed by atoms with van der Waals surface area (Å²) in [5.74, 6) is 1.06. The lowest BCUT2D eigenvalue weighted by Crippen LogP contribution is -2.31. The topological polar surface area (TPSA) is 20.3 Å². The minimum Gasteiger partial charge on any atom is -0.293 e. The predicted octanol–water partition coefficient (Wildman–Crippen LogP) is 3.74. The highest BCUT2D eigenvalue weighted by Gasteiger charge is 2.32. The molecule has 0 aromatic rings. The van der Waals surface area contributed by atoms with Crippen molar-refractivity contribution in [3.63, 3.8) is 0 Å². The van der Waals surface area contributed by atoms with E-state index < -0.39 is 0 Å². The van der Waals surface area contributed by atoms with Gasteiger partial charge in [-0.05, 0) is 31.1 Å². The van der Waals surface area contributed by atoms with E-state index >= 15 is 0 Å². The molecule has 1 saturated heterocycles. The zero-order chi connectivity index (χ0) is 13.1. The van der Waals surface area contributed by atoms with Crippen LogP contribution in [0.1, 0.15) is 33.1 Å². The molecule has 0 bridgehead atoms. The van der Waals surface area contributed by atoms with E-state index in [1.54, 1.807) is 4.90 Å². The minimum atomic E-state index is 0.105. The van der Waals surface area contributed by atoms with Crippen LogP contribution in [0.4, 0.5) is 0 Å². The molecule has 1 aliphatic heterocycles. The number of thioether (sulfide) groups is 1. The molecule has 0 aromatic carbocycles. The van der Waals surface area contributed by atoms with Crippen LogP contribution in [0.15, 0.2) is 23.1 Å². The van der Waals surface area contributed by atoms with E-state index in [9.17, 15) is 4.79 Å². The Bertz CT molecular complexity index is 412. The van der Waals surface area contributed by atoms with Gasteiger partial charge in [0.05, 0.1) is 4.91 Å². The van der Waals surface area contributed by atoms with E-state index in [1.165, 1.54) is 11.8 Å². The van der Waals surface area contributed by atoms with Gasteiger partial charge in [-0.2, -0.15) is 0 Å². The number of allylic oxidation sites excluding steroid dienone is 3. The number of hydrogen-bond acceptors (Lipinski definition) is 3. The quantitative estimate of drug-likeness (QED) is 0.446. The van der Waals surface area contributed by atoms with Gasteiger partial charge in [-0.3, -0.25) is 9.69 Å². The molecule has 98 valence electrons. The van der Waals surface area contributed by atoms with Crippen molar-refractivity contribution in [2.75, 3.05) is 6.54 Å². The van der Waals surface area contributed by atoms with Crippen LogP contribution in [0.5, 0.6) is 0 Å². The predicted molar refractivity (Wildman–Crippen MR) is 81.3 cm³/mol. The number of nitrogens with zero attached hydrogens (tertiary/aromatic N) is 1. The van der Waals surface area contributed by atoms with Gasteiger partial charge in [-0.15, -0.1) is 0 Å². The van der Waals surface area contributed by atoms with Gasteiger partial charge in [0, 0.05) is 6.54 Å². The molecule has 18 heavy (non-hydrogen) atoms. The van der Waals surface area contributed by atoms with Gasteiger partial charge in [-0.1, -0.05) is 56.1 Å². The van der Waals surface area contributed by atoms with Gasteiger partial charge in [0.2, 0.25) is 0 Å². The molecule has 1 unspecified atom stereocenters. The van der Waals surface area contributed by atoms with Gasteiger partial charge >= 0.3 is 0 Å². The van der Waals surface area contributed by atoms with Crippen LogP contribution >= 0.6 is 24.0 Å². The first-order valence-electron chi connectivity index (χ1n) is 6.48. The fraction of sp³-hybridized carbons (Fsp3) is 0.571. The molecule has 2 nitrogen and oxygen atoms in total. The number of rotatable bonds is 3. The Labute approximate surface area is 118 Å². The summed E-state index contributed by atoms with van der Waals surface area (Å²) in [6.07, 6.45) is 9.86. The Kier molecular flexibility index (Phi) is 4.62. The molecule has 0 radical (unpaired) electrons. The SMILES string of the molecule is CC(C)CN1C(=O)C(=CC2CC=CCC2)SC1=S. The second-order valence-corrected chi connectivity index (χ2v) is 6.93. The van der Waals surface area contributed by atoms with E-state index in [0.29, 0.717) is 16.2 Å². The van der Waals surface area contributed by atoms with E-state index in [2.05, 4.69) is 32.1 Å². The number of amides is 1. The normalized spacial score (nSPS) is 26.7. The van der Waals surface area contributed by atoms with Crippen LogP contribution in [0.25, 0.3) is 0 Å². The highest BCUT2D eigenvalue weighted by molar-refractivity contribution is 8.26. The molecule has 1 atom stereocenters. The van der Waals surface area contributed by atoms with Gasteiger partial charge in [0.1, 0.15) is 4.32 Å².